The van der Waals surface area contributed by atoms with E-state index in [1.165, 1.54) is 17.7 Å². The predicted molar refractivity (Wildman–Crippen MR) is 59.6 cm³/mol. The molecule has 0 aliphatic carbocycles. The summed E-state index contributed by atoms with van der Waals surface area (Å²) in [5.41, 5.74) is 0.915. The van der Waals surface area contributed by atoms with Crippen molar-refractivity contribution < 1.29 is 14.3 Å². The second-order valence-electron chi connectivity index (χ2n) is 3.34. The number of esters is 1. The van der Waals surface area contributed by atoms with Gasteiger partial charge >= 0.3 is 5.97 Å². The summed E-state index contributed by atoms with van der Waals surface area (Å²) in [7, 11) is 0. The van der Waals surface area contributed by atoms with Crippen molar-refractivity contribution in [2.24, 2.45) is 4.99 Å². The standard InChI is InChI=1S/C10H12N2O3S/c1-3-14-10(13)7-8(15-5-11-7)9-12-6(2)4-16-9/h4-5,7-8H,3H2,1-2H3. The maximum atomic E-state index is 11.6. The van der Waals surface area contributed by atoms with E-state index in [4.69, 9.17) is 9.47 Å². The number of carbonyl (C=O) groups excluding carboxylic acids is 1. The SMILES string of the molecule is CCOC(=O)C1N=COC1c1nc(C)cs1. The van der Waals surface area contributed by atoms with Crippen molar-refractivity contribution in [1.29, 1.82) is 0 Å². The Kier molecular flexibility index (Phi) is 3.19. The van der Waals surface area contributed by atoms with Crippen LogP contribution < -0.4 is 0 Å². The number of rotatable bonds is 3. The molecule has 0 N–H and O–H groups in total. The number of aryl methyl sites for hydroxylation is 1. The molecule has 2 atom stereocenters. The minimum atomic E-state index is -0.620. The number of aliphatic imine (C=N–C) groups is 1. The summed E-state index contributed by atoms with van der Waals surface area (Å²) in [6, 6.07) is -0.620. The number of ether oxygens (including phenoxy) is 2. The highest BCUT2D eigenvalue weighted by Crippen LogP contribution is 2.29. The van der Waals surface area contributed by atoms with Crippen molar-refractivity contribution in [3.05, 3.63) is 16.1 Å². The molecule has 0 aromatic carbocycles. The summed E-state index contributed by atoms with van der Waals surface area (Å²) in [6.07, 6.45) is 0.862. The minimum absolute atomic E-state index is 0.342. The lowest BCUT2D eigenvalue weighted by Crippen LogP contribution is -2.26. The molecule has 0 spiro atoms. The molecule has 1 aliphatic heterocycles. The van der Waals surface area contributed by atoms with E-state index in [1.807, 2.05) is 12.3 Å². The maximum absolute atomic E-state index is 11.6. The molecule has 5 nitrogen and oxygen atoms in total. The Hall–Kier alpha value is -1.43. The van der Waals surface area contributed by atoms with Gasteiger partial charge in [-0.25, -0.2) is 14.8 Å². The summed E-state index contributed by atoms with van der Waals surface area (Å²) in [6.45, 7) is 4.00. The van der Waals surface area contributed by atoms with Gasteiger partial charge in [0.25, 0.3) is 0 Å². The number of nitrogens with zero attached hydrogens (tertiary/aromatic N) is 2. The van der Waals surface area contributed by atoms with Gasteiger partial charge in [0, 0.05) is 11.1 Å². The Balaban J connectivity index is 2.13. The van der Waals surface area contributed by atoms with Crippen LogP contribution in [0.25, 0.3) is 0 Å². The van der Waals surface area contributed by atoms with Gasteiger partial charge in [0.2, 0.25) is 0 Å². The summed E-state index contributed by atoms with van der Waals surface area (Å²) in [4.78, 5) is 19.9. The molecule has 0 fully saturated rings. The molecule has 2 heterocycles. The van der Waals surface area contributed by atoms with Gasteiger partial charge in [0.1, 0.15) is 5.01 Å². The molecule has 86 valence electrons. The first-order valence-corrected chi connectivity index (χ1v) is 5.86. The number of aromatic nitrogens is 1. The van der Waals surface area contributed by atoms with Gasteiger partial charge in [-0.1, -0.05) is 0 Å². The Bertz CT molecular complexity index is 416. The Morgan fingerprint density at radius 1 is 1.69 bits per heavy atom. The van der Waals surface area contributed by atoms with Crippen molar-refractivity contribution >= 4 is 23.7 Å². The lowest BCUT2D eigenvalue weighted by Gasteiger charge is -2.13. The lowest BCUT2D eigenvalue weighted by molar-refractivity contribution is -0.146. The van der Waals surface area contributed by atoms with Crippen LogP contribution in [0.15, 0.2) is 10.4 Å². The maximum Gasteiger partial charge on any atom is 0.335 e. The Morgan fingerprint density at radius 3 is 3.12 bits per heavy atom. The van der Waals surface area contributed by atoms with Gasteiger partial charge in [-0.3, -0.25) is 0 Å². The second kappa shape index (κ2) is 4.61. The van der Waals surface area contributed by atoms with Crippen molar-refractivity contribution in [2.75, 3.05) is 6.61 Å². The third-order valence-corrected chi connectivity index (χ3v) is 3.15. The zero-order valence-corrected chi connectivity index (χ0v) is 9.86. The predicted octanol–water partition coefficient (Wildman–Crippen LogP) is 1.48. The minimum Gasteiger partial charge on any atom is -0.470 e. The van der Waals surface area contributed by atoms with Gasteiger partial charge in [0.15, 0.2) is 18.5 Å². The largest absolute Gasteiger partial charge is 0.470 e. The molecule has 1 aromatic rings. The fourth-order valence-electron chi connectivity index (χ4n) is 1.43. The van der Waals surface area contributed by atoms with Gasteiger partial charge < -0.3 is 9.47 Å². The molecule has 2 unspecified atom stereocenters. The van der Waals surface area contributed by atoms with Crippen LogP contribution in [0.4, 0.5) is 0 Å². The summed E-state index contributed by atoms with van der Waals surface area (Å²) in [5.74, 6) is -0.367. The van der Waals surface area contributed by atoms with Crippen LogP contribution in [0, 0.1) is 6.92 Å². The van der Waals surface area contributed by atoms with E-state index in [-0.39, 0.29) is 5.97 Å². The lowest BCUT2D eigenvalue weighted by atomic mass is 10.2. The molecule has 1 aromatic heterocycles. The van der Waals surface area contributed by atoms with E-state index < -0.39 is 12.1 Å². The van der Waals surface area contributed by atoms with Crippen molar-refractivity contribution in [3.8, 4) is 0 Å². The highest BCUT2D eigenvalue weighted by molar-refractivity contribution is 7.09. The van der Waals surface area contributed by atoms with Crippen LogP contribution in [-0.4, -0.2) is 30.0 Å². The third-order valence-electron chi connectivity index (χ3n) is 2.12. The van der Waals surface area contributed by atoms with E-state index in [0.29, 0.717) is 6.61 Å². The quantitative estimate of drug-likeness (QED) is 0.751. The molecular formula is C10H12N2O3S. The molecule has 0 saturated heterocycles. The monoisotopic (exact) mass is 240 g/mol. The molecule has 2 rings (SSSR count). The summed E-state index contributed by atoms with van der Waals surface area (Å²) < 4.78 is 10.2. The average molecular weight is 240 g/mol. The average Bonchev–Trinajstić information content (AvgIpc) is 2.85. The molecule has 6 heteroatoms. The van der Waals surface area contributed by atoms with Crippen LogP contribution in [0.2, 0.25) is 0 Å². The number of thiazole rings is 1. The summed E-state index contributed by atoms with van der Waals surface area (Å²) >= 11 is 1.46. The second-order valence-corrected chi connectivity index (χ2v) is 4.22. The fourth-order valence-corrected chi connectivity index (χ4v) is 2.29. The fraction of sp³-hybridized carbons (Fsp3) is 0.500. The molecule has 16 heavy (non-hydrogen) atoms. The third kappa shape index (κ3) is 2.06. The van der Waals surface area contributed by atoms with Crippen LogP contribution in [0.1, 0.15) is 23.7 Å². The van der Waals surface area contributed by atoms with Crippen molar-refractivity contribution in [1.82, 2.24) is 4.98 Å². The van der Waals surface area contributed by atoms with Crippen molar-refractivity contribution in [2.45, 2.75) is 26.0 Å². The topological polar surface area (TPSA) is 60.8 Å². The Morgan fingerprint density at radius 2 is 2.50 bits per heavy atom. The number of carbonyl (C=O) groups is 1. The van der Waals surface area contributed by atoms with Crippen LogP contribution in [0.3, 0.4) is 0 Å². The zero-order valence-electron chi connectivity index (χ0n) is 9.04. The summed E-state index contributed by atoms with van der Waals surface area (Å²) in [5, 5.41) is 2.67. The van der Waals surface area contributed by atoms with Gasteiger partial charge in [-0.2, -0.15) is 0 Å². The zero-order chi connectivity index (χ0) is 11.5. The molecular weight excluding hydrogens is 228 g/mol. The molecule has 0 amide bonds. The van der Waals surface area contributed by atoms with E-state index in [9.17, 15) is 4.79 Å². The smallest absolute Gasteiger partial charge is 0.335 e. The first-order valence-electron chi connectivity index (χ1n) is 4.98. The molecule has 0 radical (unpaired) electrons. The first-order chi connectivity index (χ1) is 7.72. The highest BCUT2D eigenvalue weighted by Gasteiger charge is 2.36. The van der Waals surface area contributed by atoms with E-state index in [1.54, 1.807) is 6.92 Å². The van der Waals surface area contributed by atoms with Gasteiger partial charge in [-0.15, -0.1) is 11.3 Å². The molecule has 0 bridgehead atoms. The van der Waals surface area contributed by atoms with Crippen LogP contribution in [0.5, 0.6) is 0 Å². The van der Waals surface area contributed by atoms with Crippen LogP contribution in [-0.2, 0) is 14.3 Å². The number of hydrogen-bond donors (Lipinski definition) is 0. The Labute approximate surface area is 97.1 Å². The van der Waals surface area contributed by atoms with Crippen molar-refractivity contribution in [3.63, 3.8) is 0 Å². The van der Waals surface area contributed by atoms with E-state index >= 15 is 0 Å². The van der Waals surface area contributed by atoms with Gasteiger partial charge in [-0.05, 0) is 13.8 Å². The highest BCUT2D eigenvalue weighted by atomic mass is 32.1. The normalized spacial score (nSPS) is 23.1. The van der Waals surface area contributed by atoms with E-state index in [2.05, 4.69) is 9.98 Å². The molecule has 1 aliphatic rings. The first kappa shape index (κ1) is 11.1. The van der Waals surface area contributed by atoms with E-state index in [0.717, 1.165) is 10.7 Å². The molecule has 0 saturated carbocycles. The number of hydrogen-bond acceptors (Lipinski definition) is 6. The van der Waals surface area contributed by atoms with Crippen LogP contribution >= 0.6 is 11.3 Å². The van der Waals surface area contributed by atoms with Gasteiger partial charge in [0.05, 0.1) is 6.61 Å².